The highest BCUT2D eigenvalue weighted by Crippen LogP contribution is 1.96. The second kappa shape index (κ2) is 8.38. The third-order valence-electron chi connectivity index (χ3n) is 1.76. The Kier molecular flexibility index (Phi) is 8.24. The molecule has 0 aromatic rings. The van der Waals surface area contributed by atoms with Crippen LogP contribution in [0.4, 0.5) is 0 Å². The third-order valence-corrected chi connectivity index (χ3v) is 2.15. The molecule has 4 heteroatoms. The average Bonchev–Trinajstić information content (AvgIpc) is 2.16. The summed E-state index contributed by atoms with van der Waals surface area (Å²) >= 11 is 3.94. The van der Waals surface area contributed by atoms with Crippen molar-refractivity contribution in [3.8, 4) is 0 Å². The molecule has 0 rings (SSSR count). The minimum absolute atomic E-state index is 0.107. The summed E-state index contributed by atoms with van der Waals surface area (Å²) in [5, 5.41) is 2.76. The zero-order chi connectivity index (χ0) is 10.1. The Hall–Kier alpha value is -0.220. The highest BCUT2D eigenvalue weighted by molar-refractivity contribution is 7.80. The monoisotopic (exact) mass is 203 g/mol. The molecule has 0 saturated carbocycles. The number of hydrogen-bond donors (Lipinski definition) is 3. The van der Waals surface area contributed by atoms with Gasteiger partial charge >= 0.3 is 0 Å². The summed E-state index contributed by atoms with van der Waals surface area (Å²) in [6, 6.07) is -0.476. The average molecular weight is 203 g/mol. The van der Waals surface area contributed by atoms with Gasteiger partial charge in [0.15, 0.2) is 0 Å². The maximum Gasteiger partial charge on any atom is 0.237 e. The van der Waals surface area contributed by atoms with Crippen LogP contribution in [0.15, 0.2) is 0 Å². The van der Waals surface area contributed by atoms with Gasteiger partial charge in [0.25, 0.3) is 0 Å². The van der Waals surface area contributed by atoms with Crippen LogP contribution >= 0.6 is 12.6 Å². The minimum atomic E-state index is -0.476. The standard InChI is InChI=1S/C9H19N2OS/c1-2-3-4-5-6-11-9(12)8(10)7-13/h8,13H,1-7,10H2,(H,11,12)/t8-/m0/s1. The largest absolute Gasteiger partial charge is 0.355 e. The van der Waals surface area contributed by atoms with Gasteiger partial charge in [0.2, 0.25) is 5.91 Å². The molecule has 1 radical (unpaired) electrons. The van der Waals surface area contributed by atoms with Crippen molar-refractivity contribution >= 4 is 18.5 Å². The van der Waals surface area contributed by atoms with E-state index in [0.29, 0.717) is 12.3 Å². The number of nitrogens with two attached hydrogens (primary N) is 1. The van der Waals surface area contributed by atoms with Gasteiger partial charge in [-0.25, -0.2) is 0 Å². The fraction of sp³-hybridized carbons (Fsp3) is 0.778. The number of carbonyl (C=O) groups is 1. The van der Waals surface area contributed by atoms with Crippen molar-refractivity contribution in [1.82, 2.24) is 5.32 Å². The van der Waals surface area contributed by atoms with Crippen LogP contribution in [0.5, 0.6) is 0 Å². The van der Waals surface area contributed by atoms with Gasteiger partial charge in [0.05, 0.1) is 6.04 Å². The molecule has 0 bridgehead atoms. The van der Waals surface area contributed by atoms with E-state index in [1.807, 2.05) is 0 Å². The molecule has 77 valence electrons. The van der Waals surface area contributed by atoms with Gasteiger partial charge in [-0.05, 0) is 6.42 Å². The molecule has 3 N–H and O–H groups in total. The molecule has 0 aliphatic heterocycles. The molecule has 0 unspecified atom stereocenters. The summed E-state index contributed by atoms with van der Waals surface area (Å²) in [6.45, 7) is 4.45. The van der Waals surface area contributed by atoms with E-state index in [4.69, 9.17) is 5.73 Å². The van der Waals surface area contributed by atoms with Crippen molar-refractivity contribution in [2.24, 2.45) is 5.73 Å². The summed E-state index contributed by atoms with van der Waals surface area (Å²) < 4.78 is 0. The van der Waals surface area contributed by atoms with Crippen molar-refractivity contribution in [1.29, 1.82) is 0 Å². The van der Waals surface area contributed by atoms with E-state index in [2.05, 4.69) is 24.9 Å². The lowest BCUT2D eigenvalue weighted by molar-refractivity contribution is -0.121. The number of carbonyl (C=O) groups excluding carboxylic acids is 1. The van der Waals surface area contributed by atoms with Crippen LogP contribution < -0.4 is 11.1 Å². The second-order valence-corrected chi connectivity index (χ2v) is 3.36. The fourth-order valence-corrected chi connectivity index (χ4v) is 1.07. The molecule has 13 heavy (non-hydrogen) atoms. The zero-order valence-corrected chi connectivity index (χ0v) is 8.85. The normalized spacial score (nSPS) is 12.5. The molecule has 0 aromatic carbocycles. The van der Waals surface area contributed by atoms with E-state index >= 15 is 0 Å². The van der Waals surface area contributed by atoms with Crippen LogP contribution in [0.3, 0.4) is 0 Å². The predicted octanol–water partition coefficient (Wildman–Crippen LogP) is 0.754. The highest BCUT2D eigenvalue weighted by Gasteiger charge is 2.09. The van der Waals surface area contributed by atoms with Crippen molar-refractivity contribution in [3.05, 3.63) is 6.92 Å². The summed E-state index contributed by atoms with van der Waals surface area (Å²) in [5.41, 5.74) is 5.46. The lowest BCUT2D eigenvalue weighted by atomic mass is 10.2. The Labute approximate surface area is 85.9 Å². The molecule has 1 amide bonds. The molecule has 0 spiro atoms. The summed E-state index contributed by atoms with van der Waals surface area (Å²) in [7, 11) is 0. The van der Waals surface area contributed by atoms with Crippen LogP contribution in [0.2, 0.25) is 0 Å². The molecule has 3 nitrogen and oxygen atoms in total. The van der Waals surface area contributed by atoms with E-state index < -0.39 is 6.04 Å². The van der Waals surface area contributed by atoms with Gasteiger partial charge in [-0.3, -0.25) is 4.79 Å². The number of rotatable bonds is 7. The van der Waals surface area contributed by atoms with E-state index in [9.17, 15) is 4.79 Å². The van der Waals surface area contributed by atoms with Gasteiger partial charge in [-0.1, -0.05) is 26.2 Å². The Balaban J connectivity index is 3.27. The zero-order valence-electron chi connectivity index (χ0n) is 7.96. The number of unbranched alkanes of at least 4 members (excludes halogenated alkanes) is 3. The molecule has 0 aliphatic rings. The fourth-order valence-electron chi connectivity index (χ4n) is 0.904. The topological polar surface area (TPSA) is 55.1 Å². The lowest BCUT2D eigenvalue weighted by Gasteiger charge is -2.08. The smallest absolute Gasteiger partial charge is 0.237 e. The number of thiol groups is 1. The summed E-state index contributed by atoms with van der Waals surface area (Å²) in [4.78, 5) is 11.1. The SMILES string of the molecule is [CH2]CCCCCNC(=O)[C@@H](N)CS. The lowest BCUT2D eigenvalue weighted by Crippen LogP contribution is -2.42. The van der Waals surface area contributed by atoms with Crippen LogP contribution in [0.25, 0.3) is 0 Å². The predicted molar refractivity (Wildman–Crippen MR) is 58.7 cm³/mol. The highest BCUT2D eigenvalue weighted by atomic mass is 32.1. The van der Waals surface area contributed by atoms with E-state index in [-0.39, 0.29) is 5.91 Å². The first-order valence-electron chi connectivity index (χ1n) is 4.65. The first-order valence-corrected chi connectivity index (χ1v) is 5.29. The van der Waals surface area contributed by atoms with E-state index in [1.54, 1.807) is 0 Å². The Bertz CT molecular complexity index is 142. The molecular weight excluding hydrogens is 184 g/mol. The van der Waals surface area contributed by atoms with Gasteiger partial charge in [-0.2, -0.15) is 12.6 Å². The first kappa shape index (κ1) is 12.8. The van der Waals surface area contributed by atoms with Gasteiger partial charge in [0, 0.05) is 12.3 Å². The third kappa shape index (κ3) is 6.90. The van der Waals surface area contributed by atoms with Gasteiger partial charge < -0.3 is 11.1 Å². The Morgan fingerprint density at radius 1 is 1.46 bits per heavy atom. The van der Waals surface area contributed by atoms with Gasteiger partial charge in [-0.15, -0.1) is 0 Å². The molecule has 0 aromatic heterocycles. The van der Waals surface area contributed by atoms with Crippen molar-refractivity contribution in [3.63, 3.8) is 0 Å². The van der Waals surface area contributed by atoms with Gasteiger partial charge in [0.1, 0.15) is 0 Å². The van der Waals surface area contributed by atoms with Crippen LogP contribution in [0, 0.1) is 6.92 Å². The number of nitrogens with one attached hydrogen (secondary N) is 1. The van der Waals surface area contributed by atoms with Crippen molar-refractivity contribution < 1.29 is 4.79 Å². The Morgan fingerprint density at radius 2 is 2.15 bits per heavy atom. The van der Waals surface area contributed by atoms with E-state index in [1.165, 1.54) is 0 Å². The maximum absolute atomic E-state index is 11.1. The number of amides is 1. The summed E-state index contributed by atoms with van der Waals surface area (Å²) in [6.07, 6.45) is 4.19. The minimum Gasteiger partial charge on any atom is -0.355 e. The molecule has 0 fully saturated rings. The van der Waals surface area contributed by atoms with Crippen molar-refractivity contribution in [2.45, 2.75) is 31.7 Å². The Morgan fingerprint density at radius 3 is 2.69 bits per heavy atom. The summed E-state index contributed by atoms with van der Waals surface area (Å²) in [5.74, 6) is 0.287. The van der Waals surface area contributed by atoms with E-state index in [0.717, 1.165) is 25.7 Å². The molecule has 0 heterocycles. The van der Waals surface area contributed by atoms with Crippen LogP contribution in [-0.4, -0.2) is 24.2 Å². The van der Waals surface area contributed by atoms with Crippen LogP contribution in [-0.2, 0) is 4.79 Å². The molecular formula is C9H19N2OS. The van der Waals surface area contributed by atoms with Crippen LogP contribution in [0.1, 0.15) is 25.7 Å². The first-order chi connectivity index (χ1) is 6.22. The van der Waals surface area contributed by atoms with Crippen molar-refractivity contribution in [2.75, 3.05) is 12.3 Å². The maximum atomic E-state index is 11.1. The molecule has 0 aliphatic carbocycles. The molecule has 0 saturated heterocycles. The number of hydrogen-bond acceptors (Lipinski definition) is 3. The molecule has 1 atom stereocenters. The second-order valence-electron chi connectivity index (χ2n) is 2.99. The quantitative estimate of drug-likeness (QED) is 0.422.